The van der Waals surface area contributed by atoms with Gasteiger partial charge in [-0.15, -0.1) is 5.10 Å². The highest BCUT2D eigenvalue weighted by Gasteiger charge is 2.27. The summed E-state index contributed by atoms with van der Waals surface area (Å²) in [6.07, 6.45) is 5.84. The Morgan fingerprint density at radius 3 is 2.58 bits per heavy atom. The van der Waals surface area contributed by atoms with Crippen molar-refractivity contribution in [2.24, 2.45) is 5.92 Å². The van der Waals surface area contributed by atoms with E-state index in [0.29, 0.717) is 5.92 Å². The van der Waals surface area contributed by atoms with Crippen LogP contribution in [0.5, 0.6) is 0 Å². The number of nitrogens with one attached hydrogen (secondary N) is 1. The lowest BCUT2D eigenvalue weighted by molar-refractivity contribution is -0.123. The summed E-state index contributed by atoms with van der Waals surface area (Å²) in [6, 6.07) is 9.94. The van der Waals surface area contributed by atoms with Crippen molar-refractivity contribution in [1.82, 2.24) is 20.3 Å². The van der Waals surface area contributed by atoms with Crippen LogP contribution < -0.4 is 5.32 Å². The number of rotatable bonds is 6. The molecule has 0 bridgehead atoms. The van der Waals surface area contributed by atoms with Crippen LogP contribution in [0.4, 0.5) is 0 Å². The van der Waals surface area contributed by atoms with E-state index in [1.807, 2.05) is 30.3 Å². The third kappa shape index (κ3) is 3.79. The van der Waals surface area contributed by atoms with Crippen molar-refractivity contribution in [3.63, 3.8) is 0 Å². The van der Waals surface area contributed by atoms with Crippen LogP contribution >= 0.6 is 0 Å². The van der Waals surface area contributed by atoms with Crippen molar-refractivity contribution < 1.29 is 14.7 Å². The van der Waals surface area contributed by atoms with Gasteiger partial charge in [0.15, 0.2) is 5.69 Å². The molecule has 2 N–H and O–H groups in total. The van der Waals surface area contributed by atoms with Crippen LogP contribution in [0.2, 0.25) is 0 Å². The molecule has 24 heavy (non-hydrogen) atoms. The molecule has 1 saturated carbocycles. The van der Waals surface area contributed by atoms with Crippen molar-refractivity contribution in [2.75, 3.05) is 0 Å². The first-order valence-electron chi connectivity index (χ1n) is 8.11. The summed E-state index contributed by atoms with van der Waals surface area (Å²) in [6.45, 7) is -0.0453. The van der Waals surface area contributed by atoms with Gasteiger partial charge in [-0.25, -0.2) is 9.48 Å². The summed E-state index contributed by atoms with van der Waals surface area (Å²) in [5.74, 6) is -0.922. The molecule has 0 spiro atoms. The number of carbonyl (C=O) groups is 2. The van der Waals surface area contributed by atoms with Gasteiger partial charge in [0.2, 0.25) is 5.91 Å². The second-order valence-corrected chi connectivity index (χ2v) is 6.11. The van der Waals surface area contributed by atoms with E-state index in [0.717, 1.165) is 18.4 Å². The van der Waals surface area contributed by atoms with Crippen molar-refractivity contribution >= 4 is 11.9 Å². The zero-order valence-corrected chi connectivity index (χ0v) is 13.3. The molecule has 2 aromatic rings. The number of carboxylic acids is 1. The molecule has 7 heteroatoms. The molecule has 1 fully saturated rings. The molecule has 1 aliphatic carbocycles. The van der Waals surface area contributed by atoms with Crippen LogP contribution in [-0.2, 0) is 11.3 Å². The highest BCUT2D eigenvalue weighted by atomic mass is 16.4. The Morgan fingerprint density at radius 1 is 1.25 bits per heavy atom. The molecule has 0 radical (unpaired) electrons. The Labute approximate surface area is 139 Å². The predicted octanol–water partition coefficient (Wildman–Crippen LogP) is 2.02. The highest BCUT2D eigenvalue weighted by molar-refractivity contribution is 5.84. The van der Waals surface area contributed by atoms with Gasteiger partial charge in [-0.1, -0.05) is 48.4 Å². The predicted molar refractivity (Wildman–Crippen MR) is 86.3 cm³/mol. The minimum Gasteiger partial charge on any atom is -0.476 e. The summed E-state index contributed by atoms with van der Waals surface area (Å²) < 4.78 is 1.25. The molecule has 1 heterocycles. The van der Waals surface area contributed by atoms with Crippen molar-refractivity contribution in [3.8, 4) is 0 Å². The SMILES string of the molecule is O=C(Cn1cc(C(=O)O)nn1)NC(c1ccccc1)C1CCCC1. The number of amides is 1. The number of aromatic carboxylic acids is 1. The van der Waals surface area contributed by atoms with Gasteiger partial charge in [-0.3, -0.25) is 4.79 Å². The lowest BCUT2D eigenvalue weighted by Crippen LogP contribution is -2.35. The number of hydrogen-bond donors (Lipinski definition) is 2. The summed E-state index contributed by atoms with van der Waals surface area (Å²) in [5.41, 5.74) is 0.931. The van der Waals surface area contributed by atoms with E-state index >= 15 is 0 Å². The average Bonchev–Trinajstić information content (AvgIpc) is 3.25. The molecule has 7 nitrogen and oxygen atoms in total. The zero-order valence-electron chi connectivity index (χ0n) is 13.3. The molecule has 1 aromatic carbocycles. The topological polar surface area (TPSA) is 97.1 Å². The first-order valence-corrected chi connectivity index (χ1v) is 8.11. The van der Waals surface area contributed by atoms with Gasteiger partial charge >= 0.3 is 5.97 Å². The maximum absolute atomic E-state index is 12.4. The van der Waals surface area contributed by atoms with Gasteiger partial charge in [-0.2, -0.15) is 0 Å². The van der Waals surface area contributed by atoms with E-state index in [-0.39, 0.29) is 24.2 Å². The van der Waals surface area contributed by atoms with Crippen LogP contribution in [-0.4, -0.2) is 32.0 Å². The molecule has 0 aliphatic heterocycles. The first kappa shape index (κ1) is 16.2. The number of hydrogen-bond acceptors (Lipinski definition) is 4. The molecule has 1 unspecified atom stereocenters. The summed E-state index contributed by atoms with van der Waals surface area (Å²) in [5, 5.41) is 19.1. The van der Waals surface area contributed by atoms with Crippen LogP contribution in [0.15, 0.2) is 36.5 Å². The fourth-order valence-electron chi connectivity index (χ4n) is 3.26. The maximum Gasteiger partial charge on any atom is 0.358 e. The molecular weight excluding hydrogens is 308 g/mol. The van der Waals surface area contributed by atoms with E-state index in [1.54, 1.807) is 0 Å². The van der Waals surface area contributed by atoms with Crippen LogP contribution in [0, 0.1) is 5.92 Å². The van der Waals surface area contributed by atoms with Gasteiger partial charge in [0.25, 0.3) is 0 Å². The Morgan fingerprint density at radius 2 is 1.96 bits per heavy atom. The highest BCUT2D eigenvalue weighted by Crippen LogP contribution is 2.35. The van der Waals surface area contributed by atoms with E-state index in [1.165, 1.54) is 23.7 Å². The molecule has 1 amide bonds. The third-order valence-electron chi connectivity index (χ3n) is 4.41. The molecule has 1 atom stereocenters. The van der Waals surface area contributed by atoms with Crippen LogP contribution in [0.1, 0.15) is 47.8 Å². The lowest BCUT2D eigenvalue weighted by Gasteiger charge is -2.25. The smallest absolute Gasteiger partial charge is 0.358 e. The third-order valence-corrected chi connectivity index (χ3v) is 4.41. The summed E-state index contributed by atoms with van der Waals surface area (Å²) in [7, 11) is 0. The minimum atomic E-state index is -1.16. The minimum absolute atomic E-state index is 0.0244. The Bertz CT molecular complexity index is 708. The fraction of sp³-hybridized carbons (Fsp3) is 0.412. The second-order valence-electron chi connectivity index (χ2n) is 6.11. The monoisotopic (exact) mass is 328 g/mol. The van der Waals surface area contributed by atoms with Gasteiger partial charge in [0.1, 0.15) is 6.54 Å². The van der Waals surface area contributed by atoms with E-state index in [4.69, 9.17) is 5.11 Å². The summed E-state index contributed by atoms with van der Waals surface area (Å²) >= 11 is 0. The normalized spacial score (nSPS) is 16.0. The van der Waals surface area contributed by atoms with E-state index < -0.39 is 5.97 Å². The number of aromatic nitrogens is 3. The van der Waals surface area contributed by atoms with Gasteiger partial charge in [0, 0.05) is 0 Å². The summed E-state index contributed by atoms with van der Waals surface area (Å²) in [4.78, 5) is 23.2. The average molecular weight is 328 g/mol. The quantitative estimate of drug-likeness (QED) is 0.845. The lowest BCUT2D eigenvalue weighted by atomic mass is 9.91. The van der Waals surface area contributed by atoms with Gasteiger partial charge in [0.05, 0.1) is 12.2 Å². The van der Waals surface area contributed by atoms with E-state index in [2.05, 4.69) is 15.6 Å². The number of benzene rings is 1. The Balaban J connectivity index is 1.69. The van der Waals surface area contributed by atoms with Crippen molar-refractivity contribution in [2.45, 2.75) is 38.3 Å². The molecule has 1 aromatic heterocycles. The van der Waals surface area contributed by atoms with Crippen LogP contribution in [0.3, 0.4) is 0 Å². The standard InChI is InChI=1S/C17H20N4O3/c22-15(11-21-10-14(17(23)24)19-20-21)18-16(13-8-4-5-9-13)12-6-2-1-3-7-12/h1-3,6-7,10,13,16H,4-5,8-9,11H2,(H,18,22)(H,23,24). The van der Waals surface area contributed by atoms with Gasteiger partial charge in [-0.05, 0) is 24.3 Å². The molecule has 3 rings (SSSR count). The first-order chi connectivity index (χ1) is 11.6. The molecule has 1 aliphatic rings. The Kier molecular flexibility index (Phi) is 4.88. The molecule has 0 saturated heterocycles. The maximum atomic E-state index is 12.4. The zero-order chi connectivity index (χ0) is 16.9. The van der Waals surface area contributed by atoms with Crippen molar-refractivity contribution in [1.29, 1.82) is 0 Å². The number of carboxylic acid groups (broad SMARTS) is 1. The van der Waals surface area contributed by atoms with Crippen molar-refractivity contribution in [3.05, 3.63) is 47.8 Å². The number of carbonyl (C=O) groups excluding carboxylic acids is 1. The van der Waals surface area contributed by atoms with E-state index in [9.17, 15) is 9.59 Å². The van der Waals surface area contributed by atoms with Gasteiger partial charge < -0.3 is 10.4 Å². The number of nitrogens with zero attached hydrogens (tertiary/aromatic N) is 3. The molecule has 126 valence electrons. The largest absolute Gasteiger partial charge is 0.476 e. The second kappa shape index (κ2) is 7.25. The Hall–Kier alpha value is -2.70. The fourth-order valence-corrected chi connectivity index (χ4v) is 3.26. The molecular formula is C17H20N4O3. The van der Waals surface area contributed by atoms with Crippen LogP contribution in [0.25, 0.3) is 0 Å².